The molecule has 0 aliphatic heterocycles. The first kappa shape index (κ1) is 18.3. The van der Waals surface area contributed by atoms with Gasteiger partial charge in [-0.05, 0) is 29.0 Å². The third-order valence-electron chi connectivity index (χ3n) is 3.81. The molecule has 0 saturated heterocycles. The molecular weight excluding hydrogens is 369 g/mol. The molecule has 0 atom stereocenters. The molecule has 0 heterocycles. The van der Waals surface area contributed by atoms with E-state index in [0.29, 0.717) is 28.0 Å². The highest BCUT2D eigenvalue weighted by Gasteiger charge is 2.08. The molecule has 0 fully saturated rings. The van der Waals surface area contributed by atoms with E-state index in [9.17, 15) is 0 Å². The van der Waals surface area contributed by atoms with Crippen LogP contribution in [0.1, 0.15) is 11.1 Å². The zero-order valence-corrected chi connectivity index (χ0v) is 15.5. The van der Waals surface area contributed by atoms with Crippen LogP contribution in [0.5, 0.6) is 5.75 Å². The van der Waals surface area contributed by atoms with Crippen molar-refractivity contribution in [2.75, 3.05) is 6.61 Å². The molecule has 0 aromatic heterocycles. The highest BCUT2D eigenvalue weighted by Crippen LogP contribution is 2.27. The van der Waals surface area contributed by atoms with Crippen molar-refractivity contribution in [3.63, 3.8) is 0 Å². The van der Waals surface area contributed by atoms with Crippen molar-refractivity contribution in [2.24, 2.45) is 5.16 Å². The molecule has 0 unspecified atom stereocenters. The molecule has 3 aromatic rings. The van der Waals surface area contributed by atoms with Gasteiger partial charge in [0.2, 0.25) is 0 Å². The van der Waals surface area contributed by atoms with Gasteiger partial charge < -0.3 is 9.57 Å². The van der Waals surface area contributed by atoms with E-state index in [2.05, 4.69) is 11.7 Å². The first-order valence-electron chi connectivity index (χ1n) is 8.04. The minimum Gasteiger partial charge on any atom is -0.489 e. The fourth-order valence-electron chi connectivity index (χ4n) is 2.55. The quantitative estimate of drug-likeness (QED) is 0.273. The van der Waals surface area contributed by atoms with Crippen LogP contribution in [0.25, 0.3) is 10.8 Å². The Morgan fingerprint density at radius 1 is 0.962 bits per heavy atom. The molecule has 0 bridgehead atoms. The summed E-state index contributed by atoms with van der Waals surface area (Å²) < 4.78 is 5.74. The lowest BCUT2D eigenvalue weighted by Crippen LogP contribution is -1.98. The first-order chi connectivity index (χ1) is 12.7. The molecule has 3 nitrogen and oxygen atoms in total. The molecule has 26 heavy (non-hydrogen) atoms. The minimum absolute atomic E-state index is 0.183. The van der Waals surface area contributed by atoms with Gasteiger partial charge in [-0.2, -0.15) is 0 Å². The number of hydrogen-bond acceptors (Lipinski definition) is 3. The molecule has 0 amide bonds. The van der Waals surface area contributed by atoms with Gasteiger partial charge in [-0.25, -0.2) is 0 Å². The van der Waals surface area contributed by atoms with Crippen LogP contribution < -0.4 is 4.74 Å². The maximum atomic E-state index is 6.14. The predicted octanol–water partition coefficient (Wildman–Crippen LogP) is 6.26. The van der Waals surface area contributed by atoms with Crippen LogP contribution in [0.15, 0.2) is 72.4 Å². The zero-order chi connectivity index (χ0) is 18.4. The SMILES string of the molecule is C=CCOc1ccc2ccccc2c1/C=N/OCc1c(Cl)cccc1Cl. The summed E-state index contributed by atoms with van der Waals surface area (Å²) >= 11 is 12.3. The molecule has 0 radical (unpaired) electrons. The predicted molar refractivity (Wildman–Crippen MR) is 108 cm³/mol. The Balaban J connectivity index is 1.84. The Bertz CT molecular complexity index is 934. The second kappa shape index (κ2) is 8.75. The van der Waals surface area contributed by atoms with E-state index in [-0.39, 0.29) is 6.61 Å². The van der Waals surface area contributed by atoms with Gasteiger partial charge in [0.05, 0.1) is 6.21 Å². The smallest absolute Gasteiger partial charge is 0.145 e. The number of hydrogen-bond donors (Lipinski definition) is 0. The molecule has 0 saturated carbocycles. The fraction of sp³-hybridized carbons (Fsp3) is 0.0952. The number of rotatable bonds is 7. The Kier molecular flexibility index (Phi) is 6.16. The van der Waals surface area contributed by atoms with Crippen molar-refractivity contribution in [2.45, 2.75) is 6.61 Å². The van der Waals surface area contributed by atoms with Gasteiger partial charge in [0.25, 0.3) is 0 Å². The molecule has 3 aromatic carbocycles. The zero-order valence-electron chi connectivity index (χ0n) is 14.0. The number of ether oxygens (including phenoxy) is 1. The monoisotopic (exact) mass is 385 g/mol. The van der Waals surface area contributed by atoms with Gasteiger partial charge in [0, 0.05) is 21.2 Å². The lowest BCUT2D eigenvalue weighted by atomic mass is 10.0. The third-order valence-corrected chi connectivity index (χ3v) is 4.52. The van der Waals surface area contributed by atoms with E-state index in [1.807, 2.05) is 36.4 Å². The number of fused-ring (bicyclic) bond motifs is 1. The van der Waals surface area contributed by atoms with Crippen LogP contribution >= 0.6 is 23.2 Å². The summed E-state index contributed by atoms with van der Waals surface area (Å²) in [6.45, 7) is 4.28. The fourth-order valence-corrected chi connectivity index (χ4v) is 3.05. The molecular formula is C21H17Cl2NO2. The number of benzene rings is 3. The average Bonchev–Trinajstić information content (AvgIpc) is 2.66. The molecule has 0 N–H and O–H groups in total. The van der Waals surface area contributed by atoms with E-state index in [1.54, 1.807) is 30.5 Å². The number of oxime groups is 1. The highest BCUT2D eigenvalue weighted by atomic mass is 35.5. The van der Waals surface area contributed by atoms with Gasteiger partial charge in [-0.3, -0.25) is 0 Å². The summed E-state index contributed by atoms with van der Waals surface area (Å²) in [5, 5.41) is 7.30. The minimum atomic E-state index is 0.183. The third kappa shape index (κ3) is 4.18. The molecule has 5 heteroatoms. The summed E-state index contributed by atoms with van der Waals surface area (Å²) in [6, 6.07) is 17.3. The highest BCUT2D eigenvalue weighted by molar-refractivity contribution is 6.35. The lowest BCUT2D eigenvalue weighted by Gasteiger charge is -2.10. The first-order valence-corrected chi connectivity index (χ1v) is 8.80. The van der Waals surface area contributed by atoms with Gasteiger partial charge in [-0.15, -0.1) is 0 Å². The van der Waals surface area contributed by atoms with Gasteiger partial charge in [0.15, 0.2) is 0 Å². The summed E-state index contributed by atoms with van der Waals surface area (Å²) in [5.41, 5.74) is 1.55. The summed E-state index contributed by atoms with van der Waals surface area (Å²) in [7, 11) is 0. The van der Waals surface area contributed by atoms with Crippen molar-refractivity contribution >= 4 is 40.2 Å². The number of nitrogens with zero attached hydrogens (tertiary/aromatic N) is 1. The van der Waals surface area contributed by atoms with Crippen LogP contribution in [0.4, 0.5) is 0 Å². The van der Waals surface area contributed by atoms with E-state index in [4.69, 9.17) is 32.8 Å². The molecule has 132 valence electrons. The van der Waals surface area contributed by atoms with Crippen molar-refractivity contribution < 1.29 is 9.57 Å². The Morgan fingerprint density at radius 2 is 1.73 bits per heavy atom. The van der Waals surface area contributed by atoms with Crippen molar-refractivity contribution in [1.29, 1.82) is 0 Å². The van der Waals surface area contributed by atoms with Crippen molar-refractivity contribution in [1.82, 2.24) is 0 Å². The molecule has 0 spiro atoms. The molecule has 0 aliphatic carbocycles. The maximum absolute atomic E-state index is 6.14. The van der Waals surface area contributed by atoms with E-state index < -0.39 is 0 Å². The van der Waals surface area contributed by atoms with Gasteiger partial charge >= 0.3 is 0 Å². The summed E-state index contributed by atoms with van der Waals surface area (Å²) in [5.74, 6) is 0.715. The normalized spacial score (nSPS) is 11.0. The molecule has 0 aliphatic rings. The van der Waals surface area contributed by atoms with Crippen LogP contribution in [-0.2, 0) is 11.4 Å². The van der Waals surface area contributed by atoms with Crippen molar-refractivity contribution in [3.05, 3.63) is 88.4 Å². The van der Waals surface area contributed by atoms with Gasteiger partial charge in [-0.1, -0.05) is 77.4 Å². The Hall–Kier alpha value is -2.49. The maximum Gasteiger partial charge on any atom is 0.145 e. The second-order valence-electron chi connectivity index (χ2n) is 5.51. The lowest BCUT2D eigenvalue weighted by molar-refractivity contribution is 0.132. The number of halogens is 2. The van der Waals surface area contributed by atoms with E-state index in [0.717, 1.165) is 16.3 Å². The van der Waals surface area contributed by atoms with Crippen molar-refractivity contribution in [3.8, 4) is 5.75 Å². The topological polar surface area (TPSA) is 30.8 Å². The van der Waals surface area contributed by atoms with E-state index >= 15 is 0 Å². The summed E-state index contributed by atoms with van der Waals surface area (Å²) in [6.07, 6.45) is 3.34. The van der Waals surface area contributed by atoms with Crippen LogP contribution in [0.3, 0.4) is 0 Å². The van der Waals surface area contributed by atoms with E-state index in [1.165, 1.54) is 0 Å². The van der Waals surface area contributed by atoms with Crippen LogP contribution in [0, 0.1) is 0 Å². The standard InChI is InChI=1S/C21H17Cl2NO2/c1-2-12-25-21-11-10-15-6-3-4-7-16(15)17(21)13-24-26-14-18-19(22)8-5-9-20(18)23/h2-11,13H,1,12,14H2/b24-13+. The second-order valence-corrected chi connectivity index (χ2v) is 6.32. The summed E-state index contributed by atoms with van der Waals surface area (Å²) in [4.78, 5) is 5.42. The Labute approximate surface area is 162 Å². The Morgan fingerprint density at radius 3 is 2.50 bits per heavy atom. The van der Waals surface area contributed by atoms with Crippen LogP contribution in [0.2, 0.25) is 10.0 Å². The average molecular weight is 386 g/mol. The largest absolute Gasteiger partial charge is 0.489 e. The molecule has 3 rings (SSSR count). The van der Waals surface area contributed by atoms with Crippen LogP contribution in [-0.4, -0.2) is 12.8 Å². The van der Waals surface area contributed by atoms with Gasteiger partial charge in [0.1, 0.15) is 19.0 Å².